The average Bonchev–Trinajstić information content (AvgIpc) is 3.10. The first-order chi connectivity index (χ1) is 22.8. The predicted molar refractivity (Wildman–Crippen MR) is 182 cm³/mol. The Labute approximate surface area is 277 Å². The number of carbonyl (C=O) groups excluding carboxylic acids is 2. The maximum atomic E-state index is 14.6. The Morgan fingerprint density at radius 1 is 0.830 bits per heavy atom. The minimum absolute atomic E-state index is 0.0333. The van der Waals surface area contributed by atoms with Crippen molar-refractivity contribution in [3.8, 4) is 11.5 Å². The van der Waals surface area contributed by atoms with Crippen LogP contribution in [0.15, 0.2) is 108 Å². The van der Waals surface area contributed by atoms with Crippen LogP contribution in [0.25, 0.3) is 0 Å². The molecule has 4 aromatic rings. The zero-order chi connectivity index (χ0) is 33.2. The third-order valence-corrected chi connectivity index (χ3v) is 9.79. The van der Waals surface area contributed by atoms with Crippen LogP contribution in [0.5, 0.6) is 11.5 Å². The first-order valence-corrected chi connectivity index (χ1v) is 17.3. The highest BCUT2D eigenvalue weighted by atomic mass is 32.2. The number of carbonyl (C=O) groups is 2. The van der Waals surface area contributed by atoms with Gasteiger partial charge in [-0.2, -0.15) is 0 Å². The molecule has 0 saturated heterocycles. The minimum Gasteiger partial charge on any atom is -0.486 e. The van der Waals surface area contributed by atoms with Crippen molar-refractivity contribution in [3.63, 3.8) is 0 Å². The quantitative estimate of drug-likeness (QED) is 0.180. The molecule has 246 valence electrons. The molecule has 0 radical (unpaired) electrons. The fourth-order valence-corrected chi connectivity index (χ4v) is 6.81. The van der Waals surface area contributed by atoms with Crippen LogP contribution in [0.3, 0.4) is 0 Å². The van der Waals surface area contributed by atoms with Crippen LogP contribution in [0, 0.1) is 6.92 Å². The molecule has 4 aromatic carbocycles. The van der Waals surface area contributed by atoms with Gasteiger partial charge in [0.2, 0.25) is 11.8 Å². The topological polar surface area (TPSA) is 105 Å². The van der Waals surface area contributed by atoms with Crippen LogP contribution in [0.1, 0.15) is 36.5 Å². The lowest BCUT2D eigenvalue weighted by Gasteiger charge is -2.34. The Kier molecular flexibility index (Phi) is 11.2. The zero-order valence-corrected chi connectivity index (χ0v) is 27.6. The van der Waals surface area contributed by atoms with E-state index in [-0.39, 0.29) is 29.5 Å². The van der Waals surface area contributed by atoms with Crippen molar-refractivity contribution in [3.05, 3.63) is 120 Å². The van der Waals surface area contributed by atoms with Crippen molar-refractivity contribution < 1.29 is 27.5 Å². The molecule has 47 heavy (non-hydrogen) atoms. The zero-order valence-electron chi connectivity index (χ0n) is 26.8. The molecule has 1 heterocycles. The van der Waals surface area contributed by atoms with E-state index in [4.69, 9.17) is 9.47 Å². The number of sulfonamides is 1. The summed E-state index contributed by atoms with van der Waals surface area (Å²) in [5.41, 5.74) is 3.00. The second-order valence-electron chi connectivity index (χ2n) is 11.5. The third-order valence-electron chi connectivity index (χ3n) is 8.00. The molecule has 1 atom stereocenters. The number of nitrogens with one attached hydrogen (secondary N) is 1. The van der Waals surface area contributed by atoms with E-state index in [0.717, 1.165) is 33.8 Å². The standard InChI is InChI=1S/C37H41N3O6S/c1-3-4-21-38-37(42)33(24-29-11-7-5-8-12-29)39(26-30-17-15-28(2)16-18-30)36(41)27-40(47(43,44)32-13-9-6-10-14-32)31-19-20-34-35(25-31)46-23-22-45-34/h5-20,25,33H,3-4,21-24,26-27H2,1-2H3,(H,38,42)/t33-/m1/s1. The lowest BCUT2D eigenvalue weighted by atomic mass is 10.0. The number of benzene rings is 4. The monoisotopic (exact) mass is 655 g/mol. The molecule has 0 bridgehead atoms. The van der Waals surface area contributed by atoms with Crippen LogP contribution in [-0.4, -0.2) is 57.5 Å². The van der Waals surface area contributed by atoms with Gasteiger partial charge in [0.05, 0.1) is 10.6 Å². The van der Waals surface area contributed by atoms with Gasteiger partial charge in [-0.1, -0.05) is 91.7 Å². The van der Waals surface area contributed by atoms with Gasteiger partial charge >= 0.3 is 0 Å². The molecule has 5 rings (SSSR count). The summed E-state index contributed by atoms with van der Waals surface area (Å²) in [6, 6.07) is 29.2. The van der Waals surface area contributed by atoms with E-state index in [9.17, 15) is 18.0 Å². The summed E-state index contributed by atoms with van der Waals surface area (Å²) < 4.78 is 41.0. The van der Waals surface area contributed by atoms with Gasteiger partial charge in [0.15, 0.2) is 11.5 Å². The van der Waals surface area contributed by atoms with Crippen LogP contribution in [0.2, 0.25) is 0 Å². The van der Waals surface area contributed by atoms with Crippen LogP contribution in [0.4, 0.5) is 5.69 Å². The number of hydrogen-bond donors (Lipinski definition) is 1. The van der Waals surface area contributed by atoms with Crippen molar-refractivity contribution >= 4 is 27.5 Å². The number of rotatable bonds is 14. The van der Waals surface area contributed by atoms with Gasteiger partial charge in [-0.15, -0.1) is 0 Å². The molecular weight excluding hydrogens is 614 g/mol. The summed E-state index contributed by atoms with van der Waals surface area (Å²) in [5, 5.41) is 3.01. The number of amides is 2. The Morgan fingerprint density at radius 3 is 2.17 bits per heavy atom. The molecule has 10 heteroatoms. The average molecular weight is 656 g/mol. The largest absolute Gasteiger partial charge is 0.486 e. The highest BCUT2D eigenvalue weighted by Gasteiger charge is 2.35. The van der Waals surface area contributed by atoms with Gasteiger partial charge in [-0.25, -0.2) is 8.42 Å². The summed E-state index contributed by atoms with van der Waals surface area (Å²) in [6.45, 7) is 4.76. The maximum Gasteiger partial charge on any atom is 0.264 e. The van der Waals surface area contributed by atoms with Crippen molar-refractivity contribution in [2.45, 2.75) is 50.6 Å². The summed E-state index contributed by atoms with van der Waals surface area (Å²) in [6.07, 6.45) is 1.95. The van der Waals surface area contributed by atoms with E-state index in [2.05, 4.69) is 5.32 Å². The lowest BCUT2D eigenvalue weighted by Crippen LogP contribution is -2.53. The fraction of sp³-hybridized carbons (Fsp3) is 0.297. The minimum atomic E-state index is -4.22. The number of unbranched alkanes of at least 4 members (excludes halogenated alkanes) is 1. The van der Waals surface area contributed by atoms with E-state index in [1.54, 1.807) is 36.4 Å². The van der Waals surface area contributed by atoms with Crippen LogP contribution >= 0.6 is 0 Å². The number of aryl methyl sites for hydroxylation is 1. The maximum absolute atomic E-state index is 14.6. The van der Waals surface area contributed by atoms with Crippen LogP contribution in [-0.2, 0) is 32.6 Å². The first kappa shape index (κ1) is 33.5. The predicted octanol–water partition coefficient (Wildman–Crippen LogP) is 5.52. The second kappa shape index (κ2) is 15.6. The van der Waals surface area contributed by atoms with Gasteiger partial charge in [0.1, 0.15) is 25.8 Å². The summed E-state index contributed by atoms with van der Waals surface area (Å²) >= 11 is 0. The molecule has 0 aliphatic carbocycles. The van der Waals surface area contributed by atoms with Gasteiger partial charge in [-0.3, -0.25) is 13.9 Å². The van der Waals surface area contributed by atoms with Crippen LogP contribution < -0.4 is 19.1 Å². The van der Waals surface area contributed by atoms with Gasteiger partial charge in [0.25, 0.3) is 10.0 Å². The van der Waals surface area contributed by atoms with Gasteiger partial charge < -0.3 is 19.7 Å². The number of nitrogens with zero attached hydrogens (tertiary/aromatic N) is 2. The molecule has 0 saturated carbocycles. The Bertz CT molecular complexity index is 1750. The second-order valence-corrected chi connectivity index (χ2v) is 13.4. The van der Waals surface area contributed by atoms with Crippen molar-refractivity contribution in [1.29, 1.82) is 0 Å². The summed E-state index contributed by atoms with van der Waals surface area (Å²) in [5.74, 6) is 0.0744. The number of anilines is 1. The summed E-state index contributed by atoms with van der Waals surface area (Å²) in [7, 11) is -4.22. The van der Waals surface area contributed by atoms with E-state index in [1.807, 2.05) is 68.4 Å². The van der Waals surface area contributed by atoms with Crippen molar-refractivity contribution in [1.82, 2.24) is 10.2 Å². The highest BCUT2D eigenvalue weighted by molar-refractivity contribution is 7.92. The fourth-order valence-electron chi connectivity index (χ4n) is 5.39. The lowest BCUT2D eigenvalue weighted by molar-refractivity contribution is -0.140. The van der Waals surface area contributed by atoms with E-state index in [0.29, 0.717) is 31.3 Å². The Morgan fingerprint density at radius 2 is 1.49 bits per heavy atom. The molecule has 0 spiro atoms. The van der Waals surface area contributed by atoms with Gasteiger partial charge in [0, 0.05) is 25.6 Å². The molecule has 2 amide bonds. The van der Waals surface area contributed by atoms with E-state index >= 15 is 0 Å². The smallest absolute Gasteiger partial charge is 0.264 e. The molecule has 1 N–H and O–H groups in total. The summed E-state index contributed by atoms with van der Waals surface area (Å²) in [4.78, 5) is 30.0. The number of hydrogen-bond acceptors (Lipinski definition) is 6. The first-order valence-electron chi connectivity index (χ1n) is 15.9. The van der Waals surface area contributed by atoms with E-state index in [1.165, 1.54) is 17.0 Å². The molecule has 0 unspecified atom stereocenters. The van der Waals surface area contributed by atoms with Crippen molar-refractivity contribution in [2.24, 2.45) is 0 Å². The molecule has 0 aromatic heterocycles. The number of ether oxygens (including phenoxy) is 2. The highest BCUT2D eigenvalue weighted by Crippen LogP contribution is 2.36. The number of fused-ring (bicyclic) bond motifs is 1. The molecule has 1 aliphatic rings. The molecule has 1 aliphatic heterocycles. The Hall–Kier alpha value is -4.83. The molecular formula is C37H41N3O6S. The van der Waals surface area contributed by atoms with Gasteiger partial charge in [-0.05, 0) is 48.7 Å². The third kappa shape index (κ3) is 8.51. The molecule has 0 fully saturated rings. The van der Waals surface area contributed by atoms with Crippen molar-refractivity contribution in [2.75, 3.05) is 30.6 Å². The normalized spacial score (nSPS) is 13.0. The van der Waals surface area contributed by atoms with E-state index < -0.39 is 28.5 Å². The SMILES string of the molecule is CCCCNC(=O)[C@@H](Cc1ccccc1)N(Cc1ccc(C)cc1)C(=O)CN(c1ccc2c(c1)OCCO2)S(=O)(=O)c1ccccc1. The Balaban J connectivity index is 1.56. The molecule has 9 nitrogen and oxygen atoms in total.